The van der Waals surface area contributed by atoms with Gasteiger partial charge in [-0.15, -0.1) is 0 Å². The van der Waals surface area contributed by atoms with E-state index in [-0.39, 0.29) is 28.9 Å². The van der Waals surface area contributed by atoms with Crippen molar-refractivity contribution in [2.45, 2.75) is 116 Å². The van der Waals surface area contributed by atoms with E-state index in [1.807, 2.05) is 63.4 Å². The molecule has 1 aliphatic carbocycles. The maximum Gasteiger partial charge on any atom is 0.410 e. The summed E-state index contributed by atoms with van der Waals surface area (Å²) >= 11 is 0. The highest BCUT2D eigenvalue weighted by Gasteiger charge is 2.40. The highest BCUT2D eigenvalue weighted by atomic mass is 28.4. The molecule has 0 bridgehead atoms. The van der Waals surface area contributed by atoms with Crippen molar-refractivity contribution in [2.24, 2.45) is 0 Å². The van der Waals surface area contributed by atoms with E-state index in [2.05, 4.69) is 51.0 Å². The summed E-state index contributed by atoms with van der Waals surface area (Å²) in [4.78, 5) is 31.6. The Balaban J connectivity index is 1.53. The van der Waals surface area contributed by atoms with Crippen molar-refractivity contribution in [1.82, 2.24) is 9.88 Å². The first kappa shape index (κ1) is 37.1. The molecule has 1 fully saturated rings. The van der Waals surface area contributed by atoms with Crippen molar-refractivity contribution >= 4 is 20.4 Å². The number of carboxylic acid groups (broad SMARTS) is 1. The fourth-order valence-electron chi connectivity index (χ4n) is 5.56. The van der Waals surface area contributed by atoms with Gasteiger partial charge in [-0.1, -0.05) is 63.6 Å². The molecule has 1 aromatic heterocycles. The van der Waals surface area contributed by atoms with Crippen LogP contribution in [0.1, 0.15) is 101 Å². The average molecular weight is 675 g/mol. The number of carbonyl (C=O) groups excluding carboxylic acids is 1. The van der Waals surface area contributed by atoms with Crippen LogP contribution in [0, 0.1) is 0 Å². The Kier molecular flexibility index (Phi) is 12.1. The Labute approximate surface area is 288 Å². The van der Waals surface area contributed by atoms with E-state index in [1.54, 1.807) is 17.2 Å². The minimum absolute atomic E-state index is 0.0112. The van der Waals surface area contributed by atoms with E-state index in [9.17, 15) is 14.7 Å². The number of aromatic nitrogens is 1. The molecular weight excluding hydrogens is 621 g/mol. The third kappa shape index (κ3) is 10.4. The number of amides is 1. The SMILES string of the molecule is CC(C)(C)OC(=O)N(CCc1ccc(-c2ccc(C(=O)O)c(OC3CCCCC3)c2)cc1)C[C@H](O[Si](C)(C)C(C)(C)C)c1cccnc1. The number of hydrogen-bond acceptors (Lipinski definition) is 6. The molecule has 4 rings (SSSR count). The summed E-state index contributed by atoms with van der Waals surface area (Å²) in [5.74, 6) is -0.565. The van der Waals surface area contributed by atoms with E-state index in [1.165, 1.54) is 6.42 Å². The second kappa shape index (κ2) is 15.7. The van der Waals surface area contributed by atoms with Gasteiger partial charge in [0.1, 0.15) is 16.9 Å². The first-order valence-electron chi connectivity index (χ1n) is 17.2. The fraction of sp³-hybridized carbons (Fsp3) is 0.513. The Morgan fingerprint density at radius 3 is 2.21 bits per heavy atom. The van der Waals surface area contributed by atoms with Crippen LogP contribution in [0.2, 0.25) is 18.1 Å². The molecule has 1 amide bonds. The largest absolute Gasteiger partial charge is 0.490 e. The predicted molar refractivity (Wildman–Crippen MR) is 193 cm³/mol. The summed E-state index contributed by atoms with van der Waals surface area (Å²) in [5, 5.41) is 9.77. The minimum atomic E-state index is -2.20. The van der Waals surface area contributed by atoms with Crippen molar-refractivity contribution in [3.63, 3.8) is 0 Å². The number of benzene rings is 2. The molecular formula is C39H54N2O6Si. The van der Waals surface area contributed by atoms with E-state index >= 15 is 0 Å². The maximum atomic E-state index is 13.6. The van der Waals surface area contributed by atoms with Crippen molar-refractivity contribution in [2.75, 3.05) is 13.1 Å². The number of nitrogens with zero attached hydrogens (tertiary/aromatic N) is 2. The molecule has 0 unspecified atom stereocenters. The summed E-state index contributed by atoms with van der Waals surface area (Å²) in [5.41, 5.74) is 3.40. The molecule has 1 heterocycles. The van der Waals surface area contributed by atoms with Gasteiger partial charge >= 0.3 is 12.1 Å². The van der Waals surface area contributed by atoms with Gasteiger partial charge in [-0.2, -0.15) is 0 Å². The van der Waals surface area contributed by atoms with Crippen molar-refractivity contribution in [1.29, 1.82) is 0 Å². The Morgan fingerprint density at radius 1 is 0.958 bits per heavy atom. The number of rotatable bonds is 12. The Bertz CT molecular complexity index is 1510. The molecule has 0 radical (unpaired) electrons. The van der Waals surface area contributed by atoms with E-state index in [0.717, 1.165) is 47.9 Å². The standard InChI is InChI=1S/C39H54N2O6Si/c1-38(2,3)46-37(44)41(27-35(31-13-12-23-40-26-31)47-48(7,8)39(4,5)6)24-22-28-16-18-29(19-17-28)30-20-21-33(36(42)43)34(25-30)45-32-14-10-9-11-15-32/h12-13,16-21,23,25-26,32,35H,9-11,14-15,22,24,27H2,1-8H3,(H,42,43)/t35-/m0/s1. The third-order valence-electron chi connectivity index (χ3n) is 9.35. The molecule has 3 aromatic rings. The number of hydrogen-bond donors (Lipinski definition) is 1. The van der Waals surface area contributed by atoms with Crippen LogP contribution in [0.4, 0.5) is 4.79 Å². The van der Waals surface area contributed by atoms with E-state index in [4.69, 9.17) is 13.9 Å². The normalized spacial score (nSPS) is 15.1. The zero-order valence-corrected chi connectivity index (χ0v) is 31.0. The van der Waals surface area contributed by atoms with Crippen LogP contribution < -0.4 is 4.74 Å². The van der Waals surface area contributed by atoms with E-state index in [0.29, 0.717) is 25.3 Å². The zero-order valence-electron chi connectivity index (χ0n) is 30.0. The third-order valence-corrected chi connectivity index (χ3v) is 13.8. The molecule has 1 saturated carbocycles. The topological polar surface area (TPSA) is 98.2 Å². The smallest absolute Gasteiger partial charge is 0.410 e. The average Bonchev–Trinajstić information content (AvgIpc) is 3.02. The molecule has 1 aliphatic rings. The lowest BCUT2D eigenvalue weighted by Crippen LogP contribution is -2.46. The lowest BCUT2D eigenvalue weighted by molar-refractivity contribution is 0.0158. The Hall–Kier alpha value is -3.69. The van der Waals surface area contributed by atoms with Gasteiger partial charge in [0.25, 0.3) is 0 Å². The van der Waals surface area contributed by atoms with Crippen LogP contribution in [0.5, 0.6) is 5.75 Å². The van der Waals surface area contributed by atoms with Crippen molar-refractivity contribution in [3.8, 4) is 16.9 Å². The van der Waals surface area contributed by atoms with Gasteiger partial charge in [-0.05, 0) is 111 Å². The van der Waals surface area contributed by atoms with Gasteiger partial charge in [0.2, 0.25) is 0 Å². The number of carbonyl (C=O) groups is 2. The molecule has 0 spiro atoms. The number of aromatic carboxylic acids is 1. The van der Waals surface area contributed by atoms with Crippen LogP contribution in [-0.2, 0) is 15.6 Å². The number of pyridine rings is 1. The summed E-state index contributed by atoms with van der Waals surface area (Å²) < 4.78 is 19.0. The molecule has 48 heavy (non-hydrogen) atoms. The number of ether oxygens (including phenoxy) is 2. The molecule has 8 nitrogen and oxygen atoms in total. The molecule has 0 aliphatic heterocycles. The van der Waals surface area contributed by atoms with Gasteiger partial charge in [0, 0.05) is 18.9 Å². The predicted octanol–water partition coefficient (Wildman–Crippen LogP) is 9.70. The van der Waals surface area contributed by atoms with Crippen molar-refractivity contribution in [3.05, 3.63) is 83.7 Å². The maximum absolute atomic E-state index is 13.6. The molecule has 0 saturated heterocycles. The lowest BCUT2D eigenvalue weighted by Gasteiger charge is -2.40. The second-order valence-corrected chi connectivity index (χ2v) is 20.2. The van der Waals surface area contributed by atoms with Crippen LogP contribution in [0.3, 0.4) is 0 Å². The summed E-state index contributed by atoms with van der Waals surface area (Å²) in [6.45, 7) is 17.5. The van der Waals surface area contributed by atoms with Crippen molar-refractivity contribution < 1.29 is 28.6 Å². The van der Waals surface area contributed by atoms with Gasteiger partial charge in [0.05, 0.1) is 18.8 Å². The molecule has 2 aromatic carbocycles. The van der Waals surface area contributed by atoms with Gasteiger partial charge in [-0.25, -0.2) is 9.59 Å². The summed E-state index contributed by atoms with van der Waals surface area (Å²) in [7, 11) is -2.20. The quantitative estimate of drug-likeness (QED) is 0.191. The number of carboxylic acids is 1. The first-order valence-corrected chi connectivity index (χ1v) is 20.1. The molecule has 1 N–H and O–H groups in total. The van der Waals surface area contributed by atoms with Gasteiger partial charge < -0.3 is 23.9 Å². The minimum Gasteiger partial charge on any atom is -0.490 e. The molecule has 1 atom stereocenters. The summed E-state index contributed by atoms with van der Waals surface area (Å²) in [6.07, 6.45) is 8.80. The lowest BCUT2D eigenvalue weighted by atomic mass is 9.97. The monoisotopic (exact) mass is 674 g/mol. The first-order chi connectivity index (χ1) is 22.5. The molecule has 9 heteroatoms. The fourth-order valence-corrected chi connectivity index (χ4v) is 6.84. The van der Waals surface area contributed by atoms with Crippen LogP contribution in [0.25, 0.3) is 11.1 Å². The Morgan fingerprint density at radius 2 is 1.62 bits per heavy atom. The van der Waals surface area contributed by atoms with Crippen LogP contribution in [0.15, 0.2) is 67.0 Å². The highest BCUT2D eigenvalue weighted by molar-refractivity contribution is 6.74. The van der Waals surface area contributed by atoms with Crippen LogP contribution in [-0.4, -0.2) is 60.2 Å². The van der Waals surface area contributed by atoms with E-state index < -0.39 is 19.9 Å². The highest BCUT2D eigenvalue weighted by Crippen LogP contribution is 2.40. The second-order valence-electron chi connectivity index (χ2n) is 15.4. The van der Waals surface area contributed by atoms with Gasteiger partial charge in [0.15, 0.2) is 8.32 Å². The zero-order chi connectivity index (χ0) is 35.1. The van der Waals surface area contributed by atoms with Gasteiger partial charge in [-0.3, -0.25) is 4.98 Å². The van der Waals surface area contributed by atoms with Crippen LogP contribution >= 0.6 is 0 Å². The molecule has 260 valence electrons. The summed E-state index contributed by atoms with van der Waals surface area (Å²) in [6, 6.07) is 17.4.